The number of amides is 2. The van der Waals surface area contributed by atoms with E-state index in [4.69, 9.17) is 9.47 Å². The molecule has 0 saturated carbocycles. The van der Waals surface area contributed by atoms with Crippen LogP contribution in [0.2, 0.25) is 0 Å². The molecule has 1 atom stereocenters. The number of benzene rings is 2. The molecule has 0 spiro atoms. The van der Waals surface area contributed by atoms with Gasteiger partial charge in [0.25, 0.3) is 5.91 Å². The van der Waals surface area contributed by atoms with Crippen LogP contribution in [-0.2, 0) is 20.6 Å². The van der Waals surface area contributed by atoms with E-state index in [2.05, 4.69) is 14.7 Å². The average Bonchev–Trinajstić information content (AvgIpc) is 2.78. The summed E-state index contributed by atoms with van der Waals surface area (Å²) in [6.07, 6.45) is -4.53. The predicted octanol–water partition coefficient (Wildman–Crippen LogP) is 6.98. The van der Waals surface area contributed by atoms with Gasteiger partial charge in [-0.05, 0) is 76.2 Å². The molecule has 0 bridgehead atoms. The fourth-order valence-corrected chi connectivity index (χ4v) is 4.30. The zero-order valence-corrected chi connectivity index (χ0v) is 22.4. The van der Waals surface area contributed by atoms with Crippen LogP contribution in [0.25, 0.3) is 0 Å². The molecule has 1 heterocycles. The number of hydrogen-bond acceptors (Lipinski definition) is 6. The van der Waals surface area contributed by atoms with Crippen molar-refractivity contribution in [3.63, 3.8) is 0 Å². The largest absolute Gasteiger partial charge is 0.455 e. The summed E-state index contributed by atoms with van der Waals surface area (Å²) in [6.45, 7) is 6.27. The third kappa shape index (κ3) is 7.99. The molecule has 208 valence electrons. The highest BCUT2D eigenvalue weighted by Crippen LogP contribution is 2.36. The summed E-state index contributed by atoms with van der Waals surface area (Å²) in [4.78, 5) is 28.8. The average molecular weight is 568 g/mol. The summed E-state index contributed by atoms with van der Waals surface area (Å²) in [5.74, 6) is -2.17. The molecule has 0 unspecified atom stereocenters. The van der Waals surface area contributed by atoms with E-state index in [1.54, 1.807) is 20.8 Å². The molecular formula is C26H25F4N3O5S. The van der Waals surface area contributed by atoms with Crippen molar-refractivity contribution < 1.29 is 40.8 Å². The molecule has 2 amide bonds. The van der Waals surface area contributed by atoms with Crippen LogP contribution < -0.4 is 10.1 Å². The first-order chi connectivity index (χ1) is 17.9. The molecule has 3 aromatic rings. The third-order valence-corrected chi connectivity index (χ3v) is 6.57. The number of aromatic nitrogens is 1. The zero-order valence-electron chi connectivity index (χ0n) is 21.6. The second-order valence-corrected chi connectivity index (χ2v) is 11.6. The van der Waals surface area contributed by atoms with Gasteiger partial charge in [-0.3, -0.25) is 4.79 Å². The number of anilines is 1. The number of rotatable bonds is 5. The Morgan fingerprint density at radius 1 is 1.00 bits per heavy atom. The first-order valence-corrected chi connectivity index (χ1v) is 13.3. The summed E-state index contributed by atoms with van der Waals surface area (Å²) in [6, 6.07) is 10.1. The number of alkyl halides is 3. The van der Waals surface area contributed by atoms with Crippen LogP contribution in [0.1, 0.15) is 42.4 Å². The van der Waals surface area contributed by atoms with E-state index < -0.39 is 50.8 Å². The summed E-state index contributed by atoms with van der Waals surface area (Å²) in [7, 11) is -3.27. The highest BCUT2D eigenvalue weighted by Gasteiger charge is 2.32. The first kappa shape index (κ1) is 29.6. The lowest BCUT2D eigenvalue weighted by Crippen LogP contribution is -2.22. The van der Waals surface area contributed by atoms with Crippen molar-refractivity contribution in [2.75, 3.05) is 11.6 Å². The molecule has 3 rings (SSSR count). The second-order valence-electron chi connectivity index (χ2n) is 9.38. The van der Waals surface area contributed by atoms with Gasteiger partial charge < -0.3 is 14.8 Å². The van der Waals surface area contributed by atoms with Crippen molar-refractivity contribution in [3.05, 3.63) is 77.4 Å². The molecule has 0 aliphatic rings. The first-order valence-electron chi connectivity index (χ1n) is 11.3. The van der Waals surface area contributed by atoms with Gasteiger partial charge in [-0.2, -0.15) is 17.6 Å². The van der Waals surface area contributed by atoms with Gasteiger partial charge in [0.1, 0.15) is 17.1 Å². The van der Waals surface area contributed by atoms with Crippen molar-refractivity contribution in [2.45, 2.75) is 44.4 Å². The lowest BCUT2D eigenvalue weighted by molar-refractivity contribution is -0.137. The maximum absolute atomic E-state index is 13.4. The molecule has 1 aromatic heterocycles. The Kier molecular flexibility index (Phi) is 8.34. The van der Waals surface area contributed by atoms with Crippen LogP contribution >= 0.6 is 0 Å². The molecule has 0 aliphatic heterocycles. The maximum Gasteiger partial charge on any atom is 0.442 e. The summed E-state index contributed by atoms with van der Waals surface area (Å²) in [5, 5.41) is 2.51. The minimum absolute atomic E-state index is 0.0536. The number of carbonyl (C=O) groups excluding carboxylic acids is 2. The summed E-state index contributed by atoms with van der Waals surface area (Å²) in [5.41, 5.74) is -2.02. The minimum Gasteiger partial charge on any atom is -0.455 e. The van der Waals surface area contributed by atoms with Crippen LogP contribution in [0.3, 0.4) is 0 Å². The van der Waals surface area contributed by atoms with E-state index in [9.17, 15) is 31.4 Å². The smallest absolute Gasteiger partial charge is 0.442 e. The quantitative estimate of drug-likeness (QED) is 0.263. The Bertz CT molecular complexity index is 1540. The molecule has 0 radical (unpaired) electrons. The van der Waals surface area contributed by atoms with Gasteiger partial charge in [0, 0.05) is 16.8 Å². The van der Waals surface area contributed by atoms with Crippen LogP contribution in [0.5, 0.6) is 11.5 Å². The molecule has 39 heavy (non-hydrogen) atoms. The van der Waals surface area contributed by atoms with Gasteiger partial charge in [-0.15, -0.1) is 4.36 Å². The van der Waals surface area contributed by atoms with Crippen molar-refractivity contribution in [1.29, 1.82) is 0 Å². The van der Waals surface area contributed by atoms with Gasteiger partial charge in [0.15, 0.2) is 0 Å². The Hall–Kier alpha value is -4.00. The molecule has 8 nitrogen and oxygen atoms in total. The number of halogens is 4. The number of carbonyl (C=O) groups is 2. The van der Waals surface area contributed by atoms with Crippen molar-refractivity contribution in [2.24, 2.45) is 4.36 Å². The van der Waals surface area contributed by atoms with E-state index in [1.165, 1.54) is 43.5 Å². The molecule has 2 aromatic carbocycles. The monoisotopic (exact) mass is 567 g/mol. The second kappa shape index (κ2) is 11.0. The minimum atomic E-state index is -4.73. The van der Waals surface area contributed by atoms with Crippen molar-refractivity contribution >= 4 is 27.4 Å². The number of aryl methyl sites for hydroxylation is 1. The van der Waals surface area contributed by atoms with Crippen LogP contribution in [0, 0.1) is 12.9 Å². The fourth-order valence-electron chi connectivity index (χ4n) is 3.20. The molecule has 0 saturated heterocycles. The standard InChI is InChI=1S/C26H25F4N3O5S/c1-15-20(11-12-22(27)31-15)37-21-13-16(26(28,29)30)9-10-19(21)23(34)32-17-7-6-8-18(14-17)39(5,36)33-24(35)38-25(2,3)4/h6-14H,1-5H3,(H,32,34)/t39-/m1/s1. The van der Waals surface area contributed by atoms with Gasteiger partial charge in [-0.1, -0.05) is 6.07 Å². The molecule has 1 N–H and O–H groups in total. The van der Waals surface area contributed by atoms with E-state index in [-0.39, 0.29) is 27.6 Å². The number of hydrogen-bond donors (Lipinski definition) is 1. The van der Waals surface area contributed by atoms with Crippen molar-refractivity contribution in [3.8, 4) is 11.5 Å². The molecule has 0 fully saturated rings. The van der Waals surface area contributed by atoms with Gasteiger partial charge in [-0.25, -0.2) is 14.0 Å². The maximum atomic E-state index is 13.4. The van der Waals surface area contributed by atoms with Gasteiger partial charge in [0.05, 0.1) is 26.5 Å². The Balaban J connectivity index is 1.95. The Morgan fingerprint density at radius 3 is 2.31 bits per heavy atom. The van der Waals surface area contributed by atoms with Crippen LogP contribution in [0.4, 0.5) is 28.0 Å². The third-order valence-electron chi connectivity index (χ3n) is 4.95. The molecular weight excluding hydrogens is 542 g/mol. The summed E-state index contributed by atoms with van der Waals surface area (Å²) >= 11 is 0. The number of nitrogens with one attached hydrogen (secondary N) is 1. The van der Waals surface area contributed by atoms with Gasteiger partial charge >= 0.3 is 12.3 Å². The van der Waals surface area contributed by atoms with E-state index >= 15 is 0 Å². The fraction of sp³-hybridized carbons (Fsp3) is 0.269. The zero-order chi connectivity index (χ0) is 29.2. The van der Waals surface area contributed by atoms with Gasteiger partial charge in [0.2, 0.25) is 5.95 Å². The lowest BCUT2D eigenvalue weighted by atomic mass is 10.1. The summed E-state index contributed by atoms with van der Waals surface area (Å²) < 4.78 is 80.9. The number of pyridine rings is 1. The highest BCUT2D eigenvalue weighted by atomic mass is 32.2. The van der Waals surface area contributed by atoms with Crippen LogP contribution in [-0.4, -0.2) is 33.1 Å². The van der Waals surface area contributed by atoms with Crippen molar-refractivity contribution in [1.82, 2.24) is 4.98 Å². The Morgan fingerprint density at radius 2 is 1.69 bits per heavy atom. The molecule has 0 aliphatic carbocycles. The Labute approximate surface area is 222 Å². The number of ether oxygens (including phenoxy) is 2. The lowest BCUT2D eigenvalue weighted by Gasteiger charge is -2.17. The van der Waals surface area contributed by atoms with E-state index in [1.807, 2.05) is 0 Å². The normalized spacial score (nSPS) is 13.3. The van der Waals surface area contributed by atoms with Crippen LogP contribution in [0.15, 0.2) is 63.9 Å². The SMILES string of the molecule is Cc1nc(F)ccc1Oc1cc(C(F)(F)F)ccc1C(=O)Nc1cccc([S@@](C)(=O)=NC(=O)OC(C)(C)C)c1. The van der Waals surface area contributed by atoms with E-state index in [0.29, 0.717) is 12.1 Å². The molecule has 13 heteroatoms. The van der Waals surface area contributed by atoms with E-state index in [0.717, 1.165) is 12.1 Å². The topological polar surface area (TPSA) is 107 Å². The highest BCUT2D eigenvalue weighted by molar-refractivity contribution is 7.93. The predicted molar refractivity (Wildman–Crippen MR) is 136 cm³/mol. The number of nitrogens with zero attached hydrogens (tertiary/aromatic N) is 2.